The predicted molar refractivity (Wildman–Crippen MR) is 104 cm³/mol. The number of benzene rings is 2. The number of nitrogens with one attached hydrogen (secondary N) is 2. The average molecular weight is 353 g/mol. The lowest BCUT2D eigenvalue weighted by Gasteiger charge is -2.28. The third-order valence-corrected chi connectivity index (χ3v) is 5.31. The van der Waals surface area contributed by atoms with E-state index in [-0.39, 0.29) is 11.6 Å². The lowest BCUT2D eigenvalue weighted by molar-refractivity contribution is 0.256. The Labute approximate surface area is 153 Å². The van der Waals surface area contributed by atoms with Crippen molar-refractivity contribution in [2.45, 2.75) is 18.8 Å². The highest BCUT2D eigenvalue weighted by atomic mass is 19.1. The number of aromatic nitrogens is 1. The van der Waals surface area contributed by atoms with Crippen LogP contribution in [0.4, 0.5) is 15.8 Å². The van der Waals surface area contributed by atoms with E-state index < -0.39 is 0 Å². The molecule has 0 bridgehead atoms. The van der Waals surface area contributed by atoms with Crippen molar-refractivity contribution in [2.24, 2.45) is 0 Å². The van der Waals surface area contributed by atoms with Crippen LogP contribution in [0.1, 0.15) is 24.3 Å². The number of ether oxygens (including phenoxy) is 1. The van der Waals surface area contributed by atoms with E-state index in [2.05, 4.69) is 46.6 Å². The molecule has 2 aromatic carbocycles. The Morgan fingerprint density at radius 3 is 2.58 bits per heavy atom. The number of halogens is 1. The van der Waals surface area contributed by atoms with Gasteiger partial charge in [0, 0.05) is 34.5 Å². The molecular weight excluding hydrogens is 329 g/mol. The number of methoxy groups -OCH3 is 1. The van der Waals surface area contributed by atoms with E-state index in [4.69, 9.17) is 4.74 Å². The molecular formula is C21H24FN3O. The monoisotopic (exact) mass is 353 g/mol. The van der Waals surface area contributed by atoms with Gasteiger partial charge in [-0.25, -0.2) is 4.39 Å². The molecule has 1 aromatic heterocycles. The van der Waals surface area contributed by atoms with Crippen LogP contribution in [0.5, 0.6) is 5.75 Å². The second-order valence-corrected chi connectivity index (χ2v) is 7.06. The van der Waals surface area contributed by atoms with Gasteiger partial charge < -0.3 is 19.9 Å². The van der Waals surface area contributed by atoms with Gasteiger partial charge in [0.25, 0.3) is 0 Å². The third-order valence-electron chi connectivity index (χ3n) is 5.31. The number of H-pyrrole nitrogens is 1. The molecule has 3 aromatic rings. The fourth-order valence-corrected chi connectivity index (χ4v) is 3.79. The van der Waals surface area contributed by atoms with Crippen LogP contribution < -0.4 is 10.1 Å². The van der Waals surface area contributed by atoms with Crippen LogP contribution >= 0.6 is 0 Å². The highest BCUT2D eigenvalue weighted by Crippen LogP contribution is 2.34. The van der Waals surface area contributed by atoms with Gasteiger partial charge in [-0.3, -0.25) is 0 Å². The molecule has 0 amide bonds. The quantitative estimate of drug-likeness (QED) is 0.703. The maximum absolute atomic E-state index is 13.9. The minimum atomic E-state index is -0.372. The van der Waals surface area contributed by atoms with Crippen molar-refractivity contribution in [1.82, 2.24) is 9.88 Å². The number of anilines is 2. The first-order valence-electron chi connectivity index (χ1n) is 9.04. The van der Waals surface area contributed by atoms with Crippen molar-refractivity contribution in [3.63, 3.8) is 0 Å². The van der Waals surface area contributed by atoms with Gasteiger partial charge in [0.2, 0.25) is 0 Å². The Hall–Kier alpha value is -2.53. The van der Waals surface area contributed by atoms with Crippen LogP contribution in [0, 0.1) is 5.82 Å². The molecule has 2 N–H and O–H groups in total. The van der Waals surface area contributed by atoms with E-state index in [1.165, 1.54) is 37.0 Å². The van der Waals surface area contributed by atoms with Gasteiger partial charge in [-0.15, -0.1) is 0 Å². The van der Waals surface area contributed by atoms with Gasteiger partial charge in [0.15, 0.2) is 11.6 Å². The number of nitrogens with zero attached hydrogens (tertiary/aromatic N) is 1. The Bertz CT molecular complexity index is 913. The molecule has 0 spiro atoms. The summed E-state index contributed by atoms with van der Waals surface area (Å²) in [7, 11) is 3.65. The minimum Gasteiger partial charge on any atom is -0.494 e. The molecule has 1 saturated heterocycles. The van der Waals surface area contributed by atoms with E-state index in [1.54, 1.807) is 6.07 Å². The van der Waals surface area contributed by atoms with Crippen molar-refractivity contribution < 1.29 is 9.13 Å². The lowest BCUT2D eigenvalue weighted by Crippen LogP contribution is -2.29. The second kappa shape index (κ2) is 7.00. The molecule has 4 rings (SSSR count). The molecule has 26 heavy (non-hydrogen) atoms. The second-order valence-electron chi connectivity index (χ2n) is 7.06. The molecule has 4 nitrogen and oxygen atoms in total. The molecule has 2 heterocycles. The average Bonchev–Trinajstić information content (AvgIpc) is 3.06. The Kier molecular flexibility index (Phi) is 4.55. The number of hydrogen-bond donors (Lipinski definition) is 2. The molecule has 1 aliphatic rings. The lowest BCUT2D eigenvalue weighted by atomic mass is 9.89. The summed E-state index contributed by atoms with van der Waals surface area (Å²) in [6.07, 6.45) is 4.56. The summed E-state index contributed by atoms with van der Waals surface area (Å²) in [6.45, 7) is 2.31. The molecule has 5 heteroatoms. The molecule has 0 unspecified atom stereocenters. The van der Waals surface area contributed by atoms with Gasteiger partial charge in [0.1, 0.15) is 0 Å². The Morgan fingerprint density at radius 1 is 1.12 bits per heavy atom. The summed E-state index contributed by atoms with van der Waals surface area (Å²) in [5, 5.41) is 4.54. The summed E-state index contributed by atoms with van der Waals surface area (Å²) < 4.78 is 18.8. The number of hydrogen-bond acceptors (Lipinski definition) is 3. The molecule has 0 aliphatic carbocycles. The zero-order valence-corrected chi connectivity index (χ0v) is 15.2. The summed E-state index contributed by atoms with van der Waals surface area (Å²) in [4.78, 5) is 5.80. The van der Waals surface area contributed by atoms with Crippen LogP contribution in [-0.4, -0.2) is 37.1 Å². The van der Waals surface area contributed by atoms with Crippen LogP contribution in [-0.2, 0) is 0 Å². The molecule has 0 saturated carbocycles. The van der Waals surface area contributed by atoms with Crippen LogP contribution in [0.2, 0.25) is 0 Å². The van der Waals surface area contributed by atoms with Gasteiger partial charge in [-0.05, 0) is 68.7 Å². The highest BCUT2D eigenvalue weighted by molar-refractivity contribution is 5.87. The summed E-state index contributed by atoms with van der Waals surface area (Å²) in [6, 6.07) is 11.2. The van der Waals surface area contributed by atoms with Crippen molar-refractivity contribution in [3.05, 3.63) is 54.0 Å². The van der Waals surface area contributed by atoms with E-state index in [1.807, 2.05) is 6.07 Å². The van der Waals surface area contributed by atoms with Gasteiger partial charge in [-0.2, -0.15) is 0 Å². The van der Waals surface area contributed by atoms with Gasteiger partial charge in [0.05, 0.1) is 7.11 Å². The topological polar surface area (TPSA) is 40.3 Å². The Morgan fingerprint density at radius 2 is 1.85 bits per heavy atom. The molecule has 136 valence electrons. The van der Waals surface area contributed by atoms with Gasteiger partial charge >= 0.3 is 0 Å². The van der Waals surface area contributed by atoms with Crippen molar-refractivity contribution >= 4 is 22.3 Å². The first-order valence-corrected chi connectivity index (χ1v) is 9.04. The molecule has 0 atom stereocenters. The highest BCUT2D eigenvalue weighted by Gasteiger charge is 2.21. The Balaban J connectivity index is 1.56. The first kappa shape index (κ1) is 16.9. The SMILES string of the molecule is COc1ccc(Nc2ccc3c(C4CCN(C)CC4)c[nH]c3c2)cc1F. The summed E-state index contributed by atoms with van der Waals surface area (Å²) in [5.41, 5.74) is 4.15. The van der Waals surface area contributed by atoms with E-state index >= 15 is 0 Å². The van der Waals surface area contributed by atoms with E-state index in [0.717, 1.165) is 24.3 Å². The van der Waals surface area contributed by atoms with E-state index in [0.29, 0.717) is 11.6 Å². The first-order chi connectivity index (χ1) is 12.6. The van der Waals surface area contributed by atoms with Crippen molar-refractivity contribution in [1.29, 1.82) is 0 Å². The van der Waals surface area contributed by atoms with E-state index in [9.17, 15) is 4.39 Å². The standard InChI is InChI=1S/C21H24FN3O/c1-25-9-7-14(8-10-25)18-13-23-20-12-16(3-5-17(18)20)24-15-4-6-21(26-2)19(22)11-15/h3-6,11-14,23-24H,7-10H2,1-2H3. The summed E-state index contributed by atoms with van der Waals surface area (Å²) >= 11 is 0. The minimum absolute atomic E-state index is 0.248. The van der Waals surface area contributed by atoms with Crippen LogP contribution in [0.3, 0.4) is 0 Å². The smallest absolute Gasteiger partial charge is 0.167 e. The molecule has 0 radical (unpaired) electrons. The number of rotatable bonds is 4. The van der Waals surface area contributed by atoms with Crippen molar-refractivity contribution in [3.8, 4) is 5.75 Å². The normalized spacial score (nSPS) is 16.1. The van der Waals surface area contributed by atoms with Crippen LogP contribution in [0.15, 0.2) is 42.6 Å². The maximum Gasteiger partial charge on any atom is 0.167 e. The number of fused-ring (bicyclic) bond motifs is 1. The third kappa shape index (κ3) is 3.27. The fourth-order valence-electron chi connectivity index (χ4n) is 3.79. The number of aromatic amines is 1. The van der Waals surface area contributed by atoms with Gasteiger partial charge in [-0.1, -0.05) is 6.07 Å². The fraction of sp³-hybridized carbons (Fsp3) is 0.333. The largest absolute Gasteiger partial charge is 0.494 e. The molecule has 1 fully saturated rings. The zero-order valence-electron chi connectivity index (χ0n) is 15.2. The number of piperidine rings is 1. The van der Waals surface area contributed by atoms with Crippen LogP contribution in [0.25, 0.3) is 10.9 Å². The predicted octanol–water partition coefficient (Wildman–Crippen LogP) is 4.87. The number of likely N-dealkylation sites (tertiary alicyclic amines) is 1. The summed E-state index contributed by atoms with van der Waals surface area (Å²) in [5.74, 6) is 0.496. The zero-order chi connectivity index (χ0) is 18.1. The maximum atomic E-state index is 13.9. The van der Waals surface area contributed by atoms with Crippen molar-refractivity contribution in [2.75, 3.05) is 32.6 Å². The molecule has 1 aliphatic heterocycles.